The van der Waals surface area contributed by atoms with Crippen molar-refractivity contribution in [2.24, 2.45) is 0 Å². The number of hydrogen-bond donors (Lipinski definition) is 0. The molecule has 152 valence electrons. The molecular formula is C22H29NO5. The standard InChI is InChI=1S/C22H29NO5/c1-23(2)12-11-17(16-9-7-6-8-10-16)15-28-22(24)18-13-19(25-3)21(27-5)20(14-18)26-4/h6-10,13-14,17H,11-12,15H2,1-5H3. The Kier molecular flexibility index (Phi) is 8.14. The fraction of sp³-hybridized carbons (Fsp3) is 0.409. The number of rotatable bonds is 10. The number of ether oxygens (including phenoxy) is 4. The van der Waals surface area contributed by atoms with Crippen LogP contribution in [0.1, 0.15) is 28.3 Å². The zero-order valence-corrected chi connectivity index (χ0v) is 17.2. The molecule has 2 aromatic rings. The second kappa shape index (κ2) is 10.6. The first-order valence-electron chi connectivity index (χ1n) is 9.17. The van der Waals surface area contributed by atoms with Crippen molar-refractivity contribution >= 4 is 5.97 Å². The fourth-order valence-corrected chi connectivity index (χ4v) is 2.94. The Bertz CT molecular complexity index is 736. The Morgan fingerprint density at radius 2 is 1.57 bits per heavy atom. The monoisotopic (exact) mass is 387 g/mol. The summed E-state index contributed by atoms with van der Waals surface area (Å²) in [5.41, 5.74) is 1.51. The fourth-order valence-electron chi connectivity index (χ4n) is 2.94. The number of hydrogen-bond acceptors (Lipinski definition) is 6. The van der Waals surface area contributed by atoms with Gasteiger partial charge in [0.15, 0.2) is 11.5 Å². The summed E-state index contributed by atoms with van der Waals surface area (Å²) in [5, 5.41) is 0. The Morgan fingerprint density at radius 1 is 0.964 bits per heavy atom. The number of methoxy groups -OCH3 is 3. The summed E-state index contributed by atoms with van der Waals surface area (Å²) in [5.74, 6) is 0.969. The highest BCUT2D eigenvalue weighted by Gasteiger charge is 2.20. The molecule has 6 nitrogen and oxygen atoms in total. The summed E-state index contributed by atoms with van der Waals surface area (Å²) in [7, 11) is 8.61. The van der Waals surface area contributed by atoms with Crippen LogP contribution in [0.5, 0.6) is 17.2 Å². The smallest absolute Gasteiger partial charge is 0.338 e. The molecule has 0 saturated heterocycles. The molecule has 0 saturated carbocycles. The van der Waals surface area contributed by atoms with Crippen LogP contribution in [0.25, 0.3) is 0 Å². The lowest BCUT2D eigenvalue weighted by atomic mass is 9.96. The molecule has 0 N–H and O–H groups in total. The number of carbonyl (C=O) groups excluding carboxylic acids is 1. The molecule has 0 fully saturated rings. The predicted octanol–water partition coefficient (Wildman–Crippen LogP) is 3.60. The van der Waals surface area contributed by atoms with Crippen LogP contribution < -0.4 is 14.2 Å². The van der Waals surface area contributed by atoms with E-state index in [9.17, 15) is 4.79 Å². The molecule has 6 heteroatoms. The van der Waals surface area contributed by atoms with Gasteiger partial charge in [0.25, 0.3) is 0 Å². The van der Waals surface area contributed by atoms with Gasteiger partial charge < -0.3 is 23.8 Å². The molecule has 0 aliphatic heterocycles. The van der Waals surface area contributed by atoms with Crippen LogP contribution in [0, 0.1) is 0 Å². The van der Waals surface area contributed by atoms with E-state index in [2.05, 4.69) is 17.0 Å². The largest absolute Gasteiger partial charge is 0.493 e. The van der Waals surface area contributed by atoms with Crippen molar-refractivity contribution in [1.82, 2.24) is 4.90 Å². The minimum Gasteiger partial charge on any atom is -0.493 e. The molecule has 0 amide bonds. The highest BCUT2D eigenvalue weighted by atomic mass is 16.5. The molecule has 2 rings (SSSR count). The van der Waals surface area contributed by atoms with Gasteiger partial charge in [-0.2, -0.15) is 0 Å². The minimum absolute atomic E-state index is 0.120. The van der Waals surface area contributed by atoms with Gasteiger partial charge in [-0.05, 0) is 44.8 Å². The number of benzene rings is 2. The number of nitrogens with zero attached hydrogens (tertiary/aromatic N) is 1. The van der Waals surface area contributed by atoms with Crippen LogP contribution in [-0.2, 0) is 4.74 Å². The lowest BCUT2D eigenvalue weighted by molar-refractivity contribution is 0.0472. The lowest BCUT2D eigenvalue weighted by Crippen LogP contribution is -2.20. The van der Waals surface area contributed by atoms with Crippen LogP contribution in [-0.4, -0.2) is 59.4 Å². The molecule has 28 heavy (non-hydrogen) atoms. The van der Waals surface area contributed by atoms with Crippen LogP contribution in [0.4, 0.5) is 0 Å². The summed E-state index contributed by atoms with van der Waals surface area (Å²) in [6.07, 6.45) is 0.888. The van der Waals surface area contributed by atoms with Crippen molar-refractivity contribution in [3.05, 3.63) is 53.6 Å². The van der Waals surface area contributed by atoms with E-state index in [1.54, 1.807) is 12.1 Å². The van der Waals surface area contributed by atoms with Crippen molar-refractivity contribution in [3.8, 4) is 17.2 Å². The molecular weight excluding hydrogens is 358 g/mol. The molecule has 0 heterocycles. The third-order valence-corrected chi connectivity index (χ3v) is 4.51. The Morgan fingerprint density at radius 3 is 2.07 bits per heavy atom. The molecule has 0 radical (unpaired) electrons. The SMILES string of the molecule is COc1cc(C(=O)OCC(CCN(C)C)c2ccccc2)cc(OC)c1OC. The molecule has 0 aliphatic carbocycles. The Balaban J connectivity index is 2.15. The van der Waals surface area contributed by atoms with E-state index in [1.807, 2.05) is 32.3 Å². The third-order valence-electron chi connectivity index (χ3n) is 4.51. The van der Waals surface area contributed by atoms with E-state index < -0.39 is 5.97 Å². The average Bonchev–Trinajstić information content (AvgIpc) is 2.72. The van der Waals surface area contributed by atoms with Gasteiger partial charge in [-0.25, -0.2) is 4.79 Å². The van der Waals surface area contributed by atoms with Crippen LogP contribution in [0.2, 0.25) is 0 Å². The quantitative estimate of drug-likeness (QED) is 0.581. The van der Waals surface area contributed by atoms with Gasteiger partial charge in [0, 0.05) is 5.92 Å². The normalized spacial score (nSPS) is 11.8. The van der Waals surface area contributed by atoms with Gasteiger partial charge in [0.05, 0.1) is 33.5 Å². The third kappa shape index (κ3) is 5.63. The summed E-state index contributed by atoms with van der Waals surface area (Å²) in [6.45, 7) is 1.20. The van der Waals surface area contributed by atoms with Crippen molar-refractivity contribution in [2.45, 2.75) is 12.3 Å². The highest BCUT2D eigenvalue weighted by molar-refractivity contribution is 5.91. The van der Waals surface area contributed by atoms with E-state index in [0.717, 1.165) is 18.5 Å². The summed E-state index contributed by atoms with van der Waals surface area (Å²) < 4.78 is 21.6. The van der Waals surface area contributed by atoms with E-state index in [1.165, 1.54) is 21.3 Å². The maximum Gasteiger partial charge on any atom is 0.338 e. The second-order valence-corrected chi connectivity index (χ2v) is 6.71. The maximum absolute atomic E-state index is 12.7. The number of carbonyl (C=O) groups is 1. The van der Waals surface area contributed by atoms with E-state index in [4.69, 9.17) is 18.9 Å². The molecule has 0 bridgehead atoms. The van der Waals surface area contributed by atoms with Gasteiger partial charge in [-0.15, -0.1) is 0 Å². The van der Waals surface area contributed by atoms with Crippen LogP contribution in [0.15, 0.2) is 42.5 Å². The zero-order chi connectivity index (χ0) is 20.5. The van der Waals surface area contributed by atoms with Gasteiger partial charge in [-0.3, -0.25) is 0 Å². The van der Waals surface area contributed by atoms with Gasteiger partial charge in [0.2, 0.25) is 5.75 Å². The maximum atomic E-state index is 12.7. The van der Waals surface area contributed by atoms with Crippen molar-refractivity contribution in [2.75, 3.05) is 48.6 Å². The molecule has 1 unspecified atom stereocenters. The average molecular weight is 387 g/mol. The van der Waals surface area contributed by atoms with E-state index in [-0.39, 0.29) is 5.92 Å². The highest BCUT2D eigenvalue weighted by Crippen LogP contribution is 2.38. The first kappa shape index (κ1) is 21.6. The second-order valence-electron chi connectivity index (χ2n) is 6.71. The summed E-state index contributed by atoms with van der Waals surface area (Å²) in [4.78, 5) is 14.8. The minimum atomic E-state index is -0.426. The van der Waals surface area contributed by atoms with Gasteiger partial charge >= 0.3 is 5.97 Å². The molecule has 0 aromatic heterocycles. The Hall–Kier alpha value is -2.73. The van der Waals surface area contributed by atoms with Crippen molar-refractivity contribution in [1.29, 1.82) is 0 Å². The van der Waals surface area contributed by atoms with E-state index >= 15 is 0 Å². The van der Waals surface area contributed by atoms with E-state index in [0.29, 0.717) is 29.4 Å². The van der Waals surface area contributed by atoms with Gasteiger partial charge in [-0.1, -0.05) is 30.3 Å². The van der Waals surface area contributed by atoms with Crippen molar-refractivity contribution < 1.29 is 23.7 Å². The number of esters is 1. The predicted molar refractivity (Wildman–Crippen MR) is 109 cm³/mol. The molecule has 0 spiro atoms. The lowest BCUT2D eigenvalue weighted by Gasteiger charge is -2.20. The molecule has 0 aliphatic rings. The Labute approximate surface area is 167 Å². The summed E-state index contributed by atoms with van der Waals surface area (Å²) >= 11 is 0. The molecule has 2 aromatic carbocycles. The first-order chi connectivity index (χ1) is 13.5. The van der Waals surface area contributed by atoms with Gasteiger partial charge in [0.1, 0.15) is 0 Å². The molecule has 1 atom stereocenters. The topological polar surface area (TPSA) is 57.2 Å². The first-order valence-corrected chi connectivity index (χ1v) is 9.17. The van der Waals surface area contributed by atoms with Crippen molar-refractivity contribution in [3.63, 3.8) is 0 Å². The van der Waals surface area contributed by atoms with Crippen LogP contribution >= 0.6 is 0 Å². The van der Waals surface area contributed by atoms with Crippen LogP contribution in [0.3, 0.4) is 0 Å². The summed E-state index contributed by atoms with van der Waals surface area (Å²) in [6, 6.07) is 13.3. The zero-order valence-electron chi connectivity index (χ0n) is 17.2.